The molecule has 1 aromatic carbocycles. The summed E-state index contributed by atoms with van der Waals surface area (Å²) in [5, 5.41) is 19.3. The van der Waals surface area contributed by atoms with Crippen LogP contribution in [0.4, 0.5) is 5.95 Å². The van der Waals surface area contributed by atoms with Gasteiger partial charge in [0.05, 0.1) is 17.5 Å². The lowest BCUT2D eigenvalue weighted by atomic mass is 9.64. The predicted molar refractivity (Wildman–Crippen MR) is 103 cm³/mol. The summed E-state index contributed by atoms with van der Waals surface area (Å²) in [6, 6.07) is 5.53. The van der Waals surface area contributed by atoms with E-state index >= 15 is 0 Å². The molecule has 3 N–H and O–H groups in total. The van der Waals surface area contributed by atoms with Crippen LogP contribution in [0.15, 0.2) is 18.2 Å². The van der Waals surface area contributed by atoms with Crippen molar-refractivity contribution in [2.75, 3.05) is 11.6 Å². The Morgan fingerprint density at radius 1 is 1.21 bits per heavy atom. The van der Waals surface area contributed by atoms with Crippen molar-refractivity contribution in [3.05, 3.63) is 23.8 Å². The van der Waals surface area contributed by atoms with E-state index < -0.39 is 11.3 Å². The minimum absolute atomic E-state index is 0.0128. The Balaban J connectivity index is 1.91. The number of nitrogens with zero attached hydrogens (tertiary/aromatic N) is 5. The van der Waals surface area contributed by atoms with Gasteiger partial charge >= 0.3 is 0 Å². The quantitative estimate of drug-likeness (QED) is 0.264. The molecule has 9 nitrogen and oxygen atoms in total. The minimum Gasteiger partial charge on any atom is -0.286 e. The molecular formula is C19H26N6O3. The number of aryl methyl sites for hydroxylation is 1. The van der Waals surface area contributed by atoms with Crippen LogP contribution in [0.3, 0.4) is 0 Å². The normalized spacial score (nSPS) is 17.9. The number of amides is 2. The highest BCUT2D eigenvalue weighted by molar-refractivity contribution is 5.96. The smallest absolute Gasteiger partial charge is 0.267 e. The summed E-state index contributed by atoms with van der Waals surface area (Å²) < 4.78 is 0. The number of fused-ring (bicyclic) bond motifs is 1. The van der Waals surface area contributed by atoms with E-state index in [0.29, 0.717) is 35.3 Å². The van der Waals surface area contributed by atoms with Crippen molar-refractivity contribution in [2.24, 2.45) is 16.7 Å². The fraction of sp³-hybridized carbons (Fsp3) is 0.526. The van der Waals surface area contributed by atoms with E-state index in [1.165, 1.54) is 0 Å². The molecule has 0 unspecified atom stereocenters. The zero-order chi connectivity index (χ0) is 20.5. The first kappa shape index (κ1) is 20.1. The molecule has 9 heteroatoms. The Labute approximate surface area is 163 Å². The van der Waals surface area contributed by atoms with E-state index in [4.69, 9.17) is 5.84 Å². The van der Waals surface area contributed by atoms with Crippen molar-refractivity contribution < 1.29 is 14.8 Å². The van der Waals surface area contributed by atoms with Gasteiger partial charge < -0.3 is 0 Å². The molecule has 150 valence electrons. The van der Waals surface area contributed by atoms with Crippen molar-refractivity contribution in [2.45, 2.75) is 46.5 Å². The van der Waals surface area contributed by atoms with Crippen molar-refractivity contribution in [3.63, 3.8) is 0 Å². The number of anilines is 1. The topological polar surface area (TPSA) is 126 Å². The third kappa shape index (κ3) is 3.95. The highest BCUT2D eigenvalue weighted by Crippen LogP contribution is 2.46. The van der Waals surface area contributed by atoms with Crippen LogP contribution in [0, 0.1) is 17.8 Å². The Morgan fingerprint density at radius 3 is 2.54 bits per heavy atom. The molecule has 0 spiro atoms. The molecule has 28 heavy (non-hydrogen) atoms. The molecule has 3 rings (SSSR count). The molecule has 1 fully saturated rings. The van der Waals surface area contributed by atoms with E-state index in [1.807, 2.05) is 19.1 Å². The lowest BCUT2D eigenvalue weighted by molar-refractivity contribution is -0.163. The maximum absolute atomic E-state index is 13.3. The van der Waals surface area contributed by atoms with Crippen LogP contribution >= 0.6 is 0 Å². The molecule has 1 saturated carbocycles. The molecule has 1 heterocycles. The SMILES string of the molecule is Cc1ccc2nc(N(N)C(=O)C3(CN(O)C=O)CCC(C)(C)CC3)nnc2c1. The van der Waals surface area contributed by atoms with Crippen LogP contribution in [0.1, 0.15) is 45.1 Å². The predicted octanol–water partition coefficient (Wildman–Crippen LogP) is 1.97. The van der Waals surface area contributed by atoms with E-state index in [9.17, 15) is 14.8 Å². The summed E-state index contributed by atoms with van der Waals surface area (Å²) in [5.41, 5.74) is 1.31. The highest BCUT2D eigenvalue weighted by atomic mass is 16.5. The molecule has 1 aromatic heterocycles. The fourth-order valence-electron chi connectivity index (χ4n) is 3.68. The van der Waals surface area contributed by atoms with Crippen LogP contribution in [-0.2, 0) is 9.59 Å². The van der Waals surface area contributed by atoms with Crippen LogP contribution in [0.5, 0.6) is 0 Å². The van der Waals surface area contributed by atoms with Gasteiger partial charge in [0.25, 0.3) is 11.9 Å². The average Bonchev–Trinajstić information content (AvgIpc) is 2.68. The number of aromatic nitrogens is 3. The average molecular weight is 386 g/mol. The zero-order valence-corrected chi connectivity index (χ0v) is 16.4. The summed E-state index contributed by atoms with van der Waals surface area (Å²) in [7, 11) is 0. The van der Waals surface area contributed by atoms with Gasteiger partial charge in [-0.1, -0.05) is 19.9 Å². The number of rotatable bonds is 5. The molecule has 0 radical (unpaired) electrons. The standard InChI is InChI=1S/C19H26N6O3/c1-13-4-5-14-15(10-13)22-23-17(21-14)25(20)16(27)19(11-24(28)12-26)8-6-18(2,3)7-9-19/h4-5,10,12,28H,6-9,11,20H2,1-3H3. The van der Waals surface area contributed by atoms with Gasteiger partial charge in [0.1, 0.15) is 5.52 Å². The van der Waals surface area contributed by atoms with Gasteiger partial charge in [0.15, 0.2) is 0 Å². The molecule has 0 bridgehead atoms. The van der Waals surface area contributed by atoms with E-state index in [-0.39, 0.29) is 17.9 Å². The first-order valence-electron chi connectivity index (χ1n) is 9.27. The van der Waals surface area contributed by atoms with Gasteiger partial charge in [0, 0.05) is 0 Å². The third-order valence-electron chi connectivity index (χ3n) is 5.63. The van der Waals surface area contributed by atoms with Crippen molar-refractivity contribution >= 4 is 29.3 Å². The first-order valence-corrected chi connectivity index (χ1v) is 9.27. The van der Waals surface area contributed by atoms with E-state index in [1.54, 1.807) is 6.07 Å². The molecule has 0 aliphatic heterocycles. The number of hydrazine groups is 1. The number of benzene rings is 1. The molecular weight excluding hydrogens is 360 g/mol. The van der Waals surface area contributed by atoms with Crippen LogP contribution < -0.4 is 10.9 Å². The fourth-order valence-corrected chi connectivity index (χ4v) is 3.68. The van der Waals surface area contributed by atoms with Crippen LogP contribution in [0.25, 0.3) is 11.0 Å². The van der Waals surface area contributed by atoms with Crippen molar-refractivity contribution in [1.82, 2.24) is 20.2 Å². The second-order valence-electron chi connectivity index (χ2n) is 8.43. The molecule has 0 atom stereocenters. The molecule has 1 aliphatic rings. The number of hydrogen-bond acceptors (Lipinski definition) is 7. The first-order chi connectivity index (χ1) is 13.2. The monoisotopic (exact) mass is 386 g/mol. The maximum Gasteiger partial charge on any atom is 0.267 e. The van der Waals surface area contributed by atoms with E-state index in [0.717, 1.165) is 23.4 Å². The summed E-state index contributed by atoms with van der Waals surface area (Å²) >= 11 is 0. The molecule has 2 amide bonds. The van der Waals surface area contributed by atoms with Crippen molar-refractivity contribution in [3.8, 4) is 0 Å². The van der Waals surface area contributed by atoms with Crippen LogP contribution in [0.2, 0.25) is 0 Å². The number of carbonyl (C=O) groups excluding carboxylic acids is 2. The Bertz CT molecular complexity index is 890. The van der Waals surface area contributed by atoms with Gasteiger partial charge in [-0.25, -0.2) is 20.9 Å². The lowest BCUT2D eigenvalue weighted by Gasteiger charge is -2.43. The molecule has 2 aromatic rings. The van der Waals surface area contributed by atoms with Gasteiger partial charge in [-0.15, -0.1) is 10.2 Å². The van der Waals surface area contributed by atoms with Gasteiger partial charge in [-0.3, -0.25) is 14.8 Å². The van der Waals surface area contributed by atoms with Gasteiger partial charge in [-0.05, 0) is 55.7 Å². The van der Waals surface area contributed by atoms with Crippen molar-refractivity contribution in [1.29, 1.82) is 0 Å². The third-order valence-corrected chi connectivity index (χ3v) is 5.63. The maximum atomic E-state index is 13.3. The summed E-state index contributed by atoms with van der Waals surface area (Å²) in [5.74, 6) is 5.64. The summed E-state index contributed by atoms with van der Waals surface area (Å²) in [4.78, 5) is 28.6. The number of hydrogen-bond donors (Lipinski definition) is 2. The second-order valence-corrected chi connectivity index (χ2v) is 8.43. The Kier molecular flexibility index (Phi) is 5.31. The Hall–Kier alpha value is -2.65. The minimum atomic E-state index is -0.995. The largest absolute Gasteiger partial charge is 0.286 e. The number of hydroxylamine groups is 2. The van der Waals surface area contributed by atoms with Gasteiger partial charge in [0.2, 0.25) is 6.41 Å². The zero-order valence-electron chi connectivity index (χ0n) is 16.4. The van der Waals surface area contributed by atoms with Crippen LogP contribution in [-0.4, -0.2) is 44.3 Å². The molecule has 0 saturated heterocycles. The summed E-state index contributed by atoms with van der Waals surface area (Å²) in [6.07, 6.45) is 2.84. The highest BCUT2D eigenvalue weighted by Gasteiger charge is 2.47. The van der Waals surface area contributed by atoms with E-state index in [2.05, 4.69) is 29.0 Å². The summed E-state index contributed by atoms with van der Waals surface area (Å²) in [6.45, 7) is 6.09. The second kappa shape index (κ2) is 7.40. The lowest BCUT2D eigenvalue weighted by Crippen LogP contribution is -2.54. The Morgan fingerprint density at radius 2 is 1.89 bits per heavy atom. The number of carbonyl (C=O) groups is 2. The number of nitrogens with two attached hydrogens (primary N) is 1. The van der Waals surface area contributed by atoms with Gasteiger partial charge in [-0.2, -0.15) is 0 Å². The molecule has 1 aliphatic carbocycles.